The number of unbranched alkanes of at least 4 members (excludes halogenated alkanes) is 1. The van der Waals surface area contributed by atoms with Crippen LogP contribution in [0.2, 0.25) is 0 Å². The second kappa shape index (κ2) is 25.2. The van der Waals surface area contributed by atoms with Crippen molar-refractivity contribution in [2.24, 2.45) is 11.7 Å². The van der Waals surface area contributed by atoms with Crippen LogP contribution < -0.4 is 43.4 Å². The summed E-state index contributed by atoms with van der Waals surface area (Å²) >= 11 is 0. The van der Waals surface area contributed by atoms with E-state index in [0.717, 1.165) is 19.1 Å². The summed E-state index contributed by atoms with van der Waals surface area (Å²) < 4.78 is 0. The second-order valence-electron chi connectivity index (χ2n) is 16.0. The summed E-state index contributed by atoms with van der Waals surface area (Å²) in [6, 6.07) is 2.70. The molecule has 0 saturated carbocycles. The Labute approximate surface area is 378 Å². The van der Waals surface area contributed by atoms with E-state index >= 15 is 0 Å². The number of aliphatic hydroxyl groups excluding tert-OH is 1. The number of aliphatic hydroxyl groups is 1. The average molecular weight is 928 g/mol. The molecule has 0 bridgehead atoms. The van der Waals surface area contributed by atoms with Gasteiger partial charge in [-0.3, -0.25) is 58.6 Å². The number of nitrogens with zero attached hydrogens (tertiary/aromatic N) is 3. The molecule has 0 radical (unpaired) electrons. The number of carbonyl (C=O) groups excluding carboxylic acids is 7. The molecule has 1 heterocycles. The van der Waals surface area contributed by atoms with Crippen LogP contribution in [0.5, 0.6) is 0 Å². The topological polar surface area (TPSA) is 391 Å². The van der Waals surface area contributed by atoms with Crippen LogP contribution in [0.25, 0.3) is 0 Å². The van der Waals surface area contributed by atoms with E-state index in [4.69, 9.17) is 11.5 Å². The number of anilines is 2. The van der Waals surface area contributed by atoms with Gasteiger partial charge in [0.15, 0.2) is 0 Å². The van der Waals surface area contributed by atoms with Gasteiger partial charge in [0.1, 0.15) is 35.9 Å². The van der Waals surface area contributed by atoms with Gasteiger partial charge in [-0.15, -0.1) is 0 Å². The van der Waals surface area contributed by atoms with E-state index in [2.05, 4.69) is 31.9 Å². The number of carboxylic acid groups (broad SMARTS) is 1. The van der Waals surface area contributed by atoms with E-state index in [9.17, 15) is 68.8 Å². The number of benzene rings is 2. The number of likely N-dealkylation sites (tertiary alicyclic amines) is 1. The predicted octanol–water partition coefficient (Wildman–Crippen LogP) is -0.195. The molecule has 25 nitrogen and oxygen atoms in total. The van der Waals surface area contributed by atoms with Gasteiger partial charge in [-0.05, 0) is 76.0 Å². The number of carboxylic acids is 1. The Morgan fingerprint density at radius 1 is 0.864 bits per heavy atom. The SMILES string of the molecule is CC(C)C[C@H](NC(=O)c1ccccc1N)C(=O)N1CCC[C@H]1C(=O)N[C@@H](CCC(=O)O)C(=O)N[C@H](C(=O)NCC(=O)N[C@@H](CCCCNc1ccc([N+](=O)[O-])cc1[N+](=O)[O-])C(N)=O)[C@@H](C)O. The molecule has 66 heavy (non-hydrogen) atoms. The number of nitro benzene ring substituents is 2. The molecular formula is C41H57N11O14. The minimum absolute atomic E-state index is 0.0144. The number of hydrogen-bond acceptors (Lipinski definition) is 15. The van der Waals surface area contributed by atoms with Gasteiger partial charge in [-0.25, -0.2) is 0 Å². The highest BCUT2D eigenvalue weighted by Crippen LogP contribution is 2.29. The number of non-ortho nitro benzene ring substituents is 1. The van der Waals surface area contributed by atoms with Gasteiger partial charge in [-0.1, -0.05) is 26.0 Å². The van der Waals surface area contributed by atoms with E-state index in [0.29, 0.717) is 12.8 Å². The zero-order chi connectivity index (χ0) is 49.2. The number of nitrogens with one attached hydrogen (secondary N) is 6. The zero-order valence-electron chi connectivity index (χ0n) is 36.7. The molecule has 0 aliphatic carbocycles. The van der Waals surface area contributed by atoms with Crippen LogP contribution in [0.3, 0.4) is 0 Å². The fraction of sp³-hybridized carbons (Fsp3) is 0.512. The lowest BCUT2D eigenvalue weighted by atomic mass is 10.0. The lowest BCUT2D eigenvalue weighted by molar-refractivity contribution is -0.393. The number of hydrogen-bond donors (Lipinski definition) is 10. The summed E-state index contributed by atoms with van der Waals surface area (Å²) in [6.45, 7) is 4.36. The molecule has 1 aliphatic rings. The fourth-order valence-corrected chi connectivity index (χ4v) is 7.04. The molecule has 0 spiro atoms. The molecule has 1 fully saturated rings. The van der Waals surface area contributed by atoms with E-state index in [-0.39, 0.29) is 61.6 Å². The van der Waals surface area contributed by atoms with Crippen molar-refractivity contribution in [3.8, 4) is 0 Å². The molecule has 3 rings (SSSR count). The first-order chi connectivity index (χ1) is 31.1. The Balaban J connectivity index is 1.60. The number of primary amides is 1. The molecule has 25 heteroatoms. The highest BCUT2D eigenvalue weighted by atomic mass is 16.6. The van der Waals surface area contributed by atoms with Gasteiger partial charge in [0, 0.05) is 31.3 Å². The number of nitro groups is 2. The van der Waals surface area contributed by atoms with Crippen molar-refractivity contribution in [3.05, 3.63) is 68.3 Å². The summed E-state index contributed by atoms with van der Waals surface area (Å²) in [5.41, 5.74) is 10.8. The van der Waals surface area contributed by atoms with Crippen LogP contribution in [0, 0.1) is 26.1 Å². The number of carbonyl (C=O) groups is 8. The molecule has 7 amide bonds. The van der Waals surface area contributed by atoms with Crippen molar-refractivity contribution < 1.29 is 58.4 Å². The van der Waals surface area contributed by atoms with Crippen LogP contribution in [0.15, 0.2) is 42.5 Å². The third-order valence-electron chi connectivity index (χ3n) is 10.4. The molecule has 1 aliphatic heterocycles. The minimum Gasteiger partial charge on any atom is -0.481 e. The average Bonchev–Trinajstić information content (AvgIpc) is 3.75. The second-order valence-corrected chi connectivity index (χ2v) is 16.0. The highest BCUT2D eigenvalue weighted by molar-refractivity contribution is 6.02. The van der Waals surface area contributed by atoms with Gasteiger partial charge < -0.3 is 58.5 Å². The Morgan fingerprint density at radius 2 is 1.56 bits per heavy atom. The summed E-state index contributed by atoms with van der Waals surface area (Å²) in [6.07, 6.45) is -1.29. The largest absolute Gasteiger partial charge is 0.481 e. The Bertz CT molecular complexity index is 2140. The van der Waals surface area contributed by atoms with E-state index in [1.807, 2.05) is 13.8 Å². The number of nitrogen functional groups attached to an aromatic ring is 1. The Kier molecular flexibility index (Phi) is 20.2. The van der Waals surface area contributed by atoms with Gasteiger partial charge in [-0.2, -0.15) is 0 Å². The van der Waals surface area contributed by atoms with E-state index in [1.54, 1.807) is 12.1 Å². The predicted molar refractivity (Wildman–Crippen MR) is 235 cm³/mol. The van der Waals surface area contributed by atoms with Gasteiger partial charge >= 0.3 is 5.97 Å². The van der Waals surface area contributed by atoms with Crippen LogP contribution >= 0.6 is 0 Å². The lowest BCUT2D eigenvalue weighted by Gasteiger charge is -2.31. The standard InChI is InChI=1S/C41H57N11O14/c1-22(2)19-30(48-37(58)25-9-4-5-10-26(25)42)41(62)50-18-8-12-31(50)39(60)47-29(15-16-34(55)56)38(59)49-35(23(3)53)40(61)45-21-33(54)46-28(36(43)57)11-6-7-17-44-27-14-13-24(51(63)64)20-32(27)52(65)66/h4-5,9-10,13-14,20,22-23,28-31,35,44,53H,6-8,11-12,15-19,21,42H2,1-3H3,(H2,43,57)(H,45,61)(H,46,54)(H,47,60)(H,48,58)(H,49,59)(H,55,56)/t23-,28+,29+,30+,31+,35+/m1/s1. The number of para-hydroxylation sites is 1. The maximum Gasteiger partial charge on any atom is 0.303 e. The van der Waals surface area contributed by atoms with Crippen LogP contribution in [-0.2, 0) is 33.6 Å². The third-order valence-corrected chi connectivity index (χ3v) is 10.4. The van der Waals surface area contributed by atoms with Crippen molar-refractivity contribution in [3.63, 3.8) is 0 Å². The highest BCUT2D eigenvalue weighted by Gasteiger charge is 2.40. The maximum atomic E-state index is 13.9. The van der Waals surface area contributed by atoms with Gasteiger partial charge in [0.05, 0.1) is 34.1 Å². The molecule has 6 atom stereocenters. The number of amides is 7. The van der Waals surface area contributed by atoms with E-state index < -0.39 is 124 Å². The first-order valence-corrected chi connectivity index (χ1v) is 21.1. The molecule has 2 aromatic carbocycles. The Morgan fingerprint density at radius 3 is 2.17 bits per heavy atom. The smallest absolute Gasteiger partial charge is 0.303 e. The Hall–Kier alpha value is -7.44. The van der Waals surface area contributed by atoms with Crippen LogP contribution in [0.1, 0.15) is 82.5 Å². The summed E-state index contributed by atoms with van der Waals surface area (Å²) in [4.78, 5) is 126. The summed E-state index contributed by atoms with van der Waals surface area (Å²) in [5.74, 6) is -7.28. The third kappa shape index (κ3) is 16.0. The molecule has 1 saturated heterocycles. The van der Waals surface area contributed by atoms with Crippen LogP contribution in [-0.4, -0.2) is 128 Å². The monoisotopic (exact) mass is 927 g/mol. The van der Waals surface area contributed by atoms with Crippen molar-refractivity contribution in [2.75, 3.05) is 30.7 Å². The van der Waals surface area contributed by atoms with Gasteiger partial charge in [0.25, 0.3) is 17.3 Å². The number of aliphatic carboxylic acids is 1. The van der Waals surface area contributed by atoms with Crippen molar-refractivity contribution in [1.82, 2.24) is 31.5 Å². The molecule has 2 aromatic rings. The molecule has 0 aromatic heterocycles. The first kappa shape index (κ1) is 52.9. The molecule has 12 N–H and O–H groups in total. The lowest BCUT2D eigenvalue weighted by Crippen LogP contribution is -2.60. The minimum atomic E-state index is -1.73. The fourth-order valence-electron chi connectivity index (χ4n) is 7.04. The quantitative estimate of drug-likeness (QED) is 0.0253. The number of nitrogens with two attached hydrogens (primary N) is 2. The zero-order valence-corrected chi connectivity index (χ0v) is 36.7. The van der Waals surface area contributed by atoms with Crippen LogP contribution in [0.4, 0.5) is 22.7 Å². The van der Waals surface area contributed by atoms with E-state index in [1.165, 1.54) is 23.1 Å². The van der Waals surface area contributed by atoms with Gasteiger partial charge in [0.2, 0.25) is 35.4 Å². The van der Waals surface area contributed by atoms with Crippen molar-refractivity contribution in [2.45, 2.75) is 108 Å². The maximum absolute atomic E-state index is 13.9. The summed E-state index contributed by atoms with van der Waals surface area (Å²) in [7, 11) is 0. The number of rotatable bonds is 26. The first-order valence-electron chi connectivity index (χ1n) is 21.1. The molecule has 0 unspecified atom stereocenters. The summed E-state index contributed by atoms with van der Waals surface area (Å²) in [5, 5.41) is 57.1. The van der Waals surface area contributed by atoms with Crippen molar-refractivity contribution in [1.29, 1.82) is 0 Å². The molecule has 360 valence electrons. The normalized spacial score (nSPS) is 15.5. The van der Waals surface area contributed by atoms with Crippen molar-refractivity contribution >= 4 is 70.1 Å². The molecular weight excluding hydrogens is 871 g/mol.